The molecule has 0 radical (unpaired) electrons. The van der Waals surface area contributed by atoms with Gasteiger partial charge in [-0.3, -0.25) is 0 Å². The van der Waals surface area contributed by atoms with Crippen LogP contribution in [0.15, 0.2) is 23.4 Å². The van der Waals surface area contributed by atoms with Gasteiger partial charge in [0.1, 0.15) is 5.69 Å². The smallest absolute Gasteiger partial charge is 0.335 e. The summed E-state index contributed by atoms with van der Waals surface area (Å²) in [5.74, 6) is -1.07. The fourth-order valence-electron chi connectivity index (χ4n) is 1.11. The largest absolute Gasteiger partial charge is 0.478 e. The SMILES string of the molecule is CN(C)c1ccc(C(=O)O)cc1N=O. The normalized spacial score (nSPS) is 9.57. The predicted molar refractivity (Wildman–Crippen MR) is 53.2 cm³/mol. The molecule has 1 N–H and O–H groups in total. The monoisotopic (exact) mass is 194 g/mol. The van der Waals surface area contributed by atoms with Gasteiger partial charge >= 0.3 is 5.97 Å². The van der Waals surface area contributed by atoms with Gasteiger partial charge in [-0.05, 0) is 23.4 Å². The quantitative estimate of drug-likeness (QED) is 0.745. The highest BCUT2D eigenvalue weighted by molar-refractivity contribution is 5.90. The number of hydrogen-bond acceptors (Lipinski definition) is 4. The summed E-state index contributed by atoms with van der Waals surface area (Å²) in [5, 5.41) is 11.5. The Kier molecular flexibility index (Phi) is 2.81. The van der Waals surface area contributed by atoms with Crippen LogP contribution in [0.4, 0.5) is 11.4 Å². The number of hydrogen-bond donors (Lipinski definition) is 1. The molecule has 14 heavy (non-hydrogen) atoms. The third kappa shape index (κ3) is 1.87. The molecule has 5 nitrogen and oxygen atoms in total. The summed E-state index contributed by atoms with van der Waals surface area (Å²) in [6.07, 6.45) is 0. The lowest BCUT2D eigenvalue weighted by Gasteiger charge is -2.13. The van der Waals surface area contributed by atoms with Crippen molar-refractivity contribution in [2.45, 2.75) is 0 Å². The molecule has 0 saturated carbocycles. The van der Waals surface area contributed by atoms with Crippen molar-refractivity contribution in [3.63, 3.8) is 0 Å². The average Bonchev–Trinajstić information content (AvgIpc) is 2.16. The second-order valence-corrected chi connectivity index (χ2v) is 2.99. The molecule has 0 heterocycles. The minimum absolute atomic E-state index is 0.0604. The number of carboxylic acids is 1. The van der Waals surface area contributed by atoms with Crippen LogP contribution in [0.2, 0.25) is 0 Å². The van der Waals surface area contributed by atoms with Gasteiger partial charge in [-0.1, -0.05) is 0 Å². The molecule has 0 aliphatic rings. The molecule has 5 heteroatoms. The van der Waals surface area contributed by atoms with Gasteiger partial charge in [0, 0.05) is 14.1 Å². The molecule has 1 rings (SSSR count). The third-order valence-electron chi connectivity index (χ3n) is 1.80. The highest BCUT2D eigenvalue weighted by Gasteiger charge is 2.09. The maximum atomic E-state index is 10.6. The summed E-state index contributed by atoms with van der Waals surface area (Å²) < 4.78 is 0. The van der Waals surface area contributed by atoms with Crippen LogP contribution < -0.4 is 4.90 Å². The Morgan fingerprint density at radius 2 is 2.07 bits per heavy atom. The van der Waals surface area contributed by atoms with Crippen LogP contribution >= 0.6 is 0 Å². The van der Waals surface area contributed by atoms with E-state index in [-0.39, 0.29) is 11.3 Å². The summed E-state index contributed by atoms with van der Waals surface area (Å²) in [6, 6.07) is 4.25. The van der Waals surface area contributed by atoms with E-state index in [1.54, 1.807) is 25.1 Å². The molecule has 0 aromatic heterocycles. The highest BCUT2D eigenvalue weighted by Crippen LogP contribution is 2.27. The number of carboxylic acid groups (broad SMARTS) is 1. The van der Waals surface area contributed by atoms with E-state index in [9.17, 15) is 9.70 Å². The summed E-state index contributed by atoms with van der Waals surface area (Å²) in [5.41, 5.74) is 0.796. The zero-order valence-corrected chi connectivity index (χ0v) is 7.89. The number of rotatable bonds is 3. The van der Waals surface area contributed by atoms with E-state index in [0.717, 1.165) is 0 Å². The van der Waals surface area contributed by atoms with Gasteiger partial charge in [0.15, 0.2) is 0 Å². The van der Waals surface area contributed by atoms with Crippen molar-refractivity contribution in [3.05, 3.63) is 28.7 Å². The molecule has 0 aliphatic carbocycles. The second kappa shape index (κ2) is 3.87. The standard InChI is InChI=1S/C9H10N2O3/c1-11(2)8-4-3-6(9(12)13)5-7(8)10-14/h3-5H,1-2H3,(H,12,13). The Morgan fingerprint density at radius 3 is 2.50 bits per heavy atom. The minimum Gasteiger partial charge on any atom is -0.478 e. The van der Waals surface area contributed by atoms with Crippen LogP contribution in [0.5, 0.6) is 0 Å². The van der Waals surface area contributed by atoms with Gasteiger partial charge in [-0.25, -0.2) is 4.79 Å². The van der Waals surface area contributed by atoms with E-state index in [0.29, 0.717) is 5.69 Å². The Morgan fingerprint density at radius 1 is 1.43 bits per heavy atom. The molecular formula is C9H10N2O3. The fourth-order valence-corrected chi connectivity index (χ4v) is 1.11. The summed E-state index contributed by atoms with van der Waals surface area (Å²) in [7, 11) is 3.51. The van der Waals surface area contributed by atoms with Crippen molar-refractivity contribution in [1.82, 2.24) is 0 Å². The molecule has 1 aromatic carbocycles. The number of carbonyl (C=O) groups is 1. The van der Waals surface area contributed by atoms with Gasteiger partial charge in [0.05, 0.1) is 11.3 Å². The van der Waals surface area contributed by atoms with Crippen LogP contribution in [0.25, 0.3) is 0 Å². The van der Waals surface area contributed by atoms with E-state index >= 15 is 0 Å². The van der Waals surface area contributed by atoms with E-state index in [2.05, 4.69) is 5.18 Å². The third-order valence-corrected chi connectivity index (χ3v) is 1.80. The Bertz CT molecular complexity index is 374. The van der Waals surface area contributed by atoms with Crippen molar-refractivity contribution in [1.29, 1.82) is 0 Å². The zero-order chi connectivity index (χ0) is 10.7. The van der Waals surface area contributed by atoms with Crippen molar-refractivity contribution in [3.8, 4) is 0 Å². The topological polar surface area (TPSA) is 70.0 Å². The van der Waals surface area contributed by atoms with E-state index in [1.807, 2.05) is 0 Å². The van der Waals surface area contributed by atoms with Crippen molar-refractivity contribution < 1.29 is 9.90 Å². The van der Waals surface area contributed by atoms with Crippen molar-refractivity contribution >= 4 is 17.3 Å². The van der Waals surface area contributed by atoms with Gasteiger partial charge in [-0.2, -0.15) is 0 Å². The lowest BCUT2D eigenvalue weighted by Crippen LogP contribution is -2.09. The molecule has 74 valence electrons. The van der Waals surface area contributed by atoms with Crippen LogP contribution in [0.1, 0.15) is 10.4 Å². The Labute approximate surface area is 80.9 Å². The molecule has 0 spiro atoms. The molecule has 0 amide bonds. The lowest BCUT2D eigenvalue weighted by atomic mass is 10.1. The first-order valence-corrected chi connectivity index (χ1v) is 3.94. The van der Waals surface area contributed by atoms with E-state index in [1.165, 1.54) is 12.1 Å². The fraction of sp³-hybridized carbons (Fsp3) is 0.222. The lowest BCUT2D eigenvalue weighted by molar-refractivity contribution is 0.0697. The molecule has 0 bridgehead atoms. The van der Waals surface area contributed by atoms with E-state index < -0.39 is 5.97 Å². The summed E-state index contributed by atoms with van der Waals surface area (Å²) in [4.78, 5) is 22.7. The Hall–Kier alpha value is -1.91. The molecular weight excluding hydrogens is 184 g/mol. The second-order valence-electron chi connectivity index (χ2n) is 2.99. The van der Waals surface area contributed by atoms with Crippen molar-refractivity contribution in [2.24, 2.45) is 5.18 Å². The van der Waals surface area contributed by atoms with Crippen LogP contribution in [0.3, 0.4) is 0 Å². The van der Waals surface area contributed by atoms with Crippen molar-refractivity contribution in [2.75, 3.05) is 19.0 Å². The van der Waals surface area contributed by atoms with E-state index in [4.69, 9.17) is 5.11 Å². The van der Waals surface area contributed by atoms with Crippen LogP contribution in [-0.2, 0) is 0 Å². The maximum Gasteiger partial charge on any atom is 0.335 e. The maximum absolute atomic E-state index is 10.6. The number of aromatic carboxylic acids is 1. The molecule has 1 aromatic rings. The molecule has 0 saturated heterocycles. The predicted octanol–water partition coefficient (Wildman–Crippen LogP) is 1.85. The van der Waals surface area contributed by atoms with Crippen LogP contribution in [0, 0.1) is 4.91 Å². The number of anilines is 1. The first-order valence-electron chi connectivity index (χ1n) is 3.94. The minimum atomic E-state index is -1.07. The van der Waals surface area contributed by atoms with Gasteiger partial charge in [0.25, 0.3) is 0 Å². The molecule has 0 atom stereocenters. The van der Waals surface area contributed by atoms with Gasteiger partial charge in [-0.15, -0.1) is 4.91 Å². The first kappa shape index (κ1) is 10.2. The summed E-state index contributed by atoms with van der Waals surface area (Å²) >= 11 is 0. The first-order chi connectivity index (χ1) is 6.56. The Balaban J connectivity index is 3.25. The number of benzene rings is 1. The molecule has 0 fully saturated rings. The summed E-state index contributed by atoms with van der Waals surface area (Å²) in [6.45, 7) is 0. The highest BCUT2D eigenvalue weighted by atomic mass is 16.4. The number of nitrogens with zero attached hydrogens (tertiary/aromatic N) is 2. The number of nitroso groups, excluding NO2 is 1. The van der Waals surface area contributed by atoms with Gasteiger partial charge in [0.2, 0.25) is 0 Å². The zero-order valence-electron chi connectivity index (χ0n) is 7.89. The molecule has 0 unspecified atom stereocenters. The van der Waals surface area contributed by atoms with Gasteiger partial charge < -0.3 is 10.0 Å². The molecule has 0 aliphatic heterocycles. The average molecular weight is 194 g/mol. The van der Waals surface area contributed by atoms with Crippen LogP contribution in [-0.4, -0.2) is 25.2 Å².